The Balaban J connectivity index is 1.69. The molecule has 8 heteroatoms. The number of carbonyl (C=O) groups excluding carboxylic acids is 2. The summed E-state index contributed by atoms with van der Waals surface area (Å²) in [7, 11) is -3.49. The summed E-state index contributed by atoms with van der Waals surface area (Å²) in [4.78, 5) is 23.9. The van der Waals surface area contributed by atoms with Gasteiger partial charge in [0.25, 0.3) is 0 Å². The second-order valence-corrected chi connectivity index (χ2v) is 8.88. The van der Waals surface area contributed by atoms with Gasteiger partial charge in [-0.15, -0.1) is 0 Å². The van der Waals surface area contributed by atoms with Crippen molar-refractivity contribution in [2.75, 3.05) is 18.4 Å². The van der Waals surface area contributed by atoms with Crippen molar-refractivity contribution in [2.24, 2.45) is 11.8 Å². The van der Waals surface area contributed by atoms with Crippen LogP contribution in [0.2, 0.25) is 0 Å². The minimum absolute atomic E-state index is 0.197. The van der Waals surface area contributed by atoms with Crippen LogP contribution in [-0.4, -0.2) is 37.7 Å². The standard InChI is InChI=1S/C18H24N2O5S/c21-17(15-5-1-2-6-16(15)18(22)23)19-13-7-9-14(10-8-13)26(24,25)20-11-3-4-12-20/h7-10,15-16H,1-6,11-12H2,(H,19,21)(H,22,23)/p-1/t15-,16+/m1/s1. The lowest BCUT2D eigenvalue weighted by molar-refractivity contribution is -0.313. The first-order valence-corrected chi connectivity index (χ1v) is 10.5. The van der Waals surface area contributed by atoms with E-state index >= 15 is 0 Å². The van der Waals surface area contributed by atoms with Crippen LogP contribution in [0.1, 0.15) is 38.5 Å². The number of amides is 1. The van der Waals surface area contributed by atoms with Gasteiger partial charge in [0.05, 0.1) is 4.90 Å². The number of sulfonamides is 1. The summed E-state index contributed by atoms with van der Waals surface area (Å²) in [5, 5.41) is 13.9. The van der Waals surface area contributed by atoms with Crippen LogP contribution in [0.15, 0.2) is 29.2 Å². The van der Waals surface area contributed by atoms with Gasteiger partial charge in [0, 0.05) is 36.6 Å². The number of benzene rings is 1. The van der Waals surface area contributed by atoms with Crippen molar-refractivity contribution >= 4 is 27.6 Å². The number of nitrogens with zero attached hydrogens (tertiary/aromatic N) is 1. The van der Waals surface area contributed by atoms with E-state index in [1.54, 1.807) is 0 Å². The third-order valence-corrected chi connectivity index (χ3v) is 7.14. The Kier molecular flexibility index (Phi) is 5.62. The van der Waals surface area contributed by atoms with Crippen molar-refractivity contribution in [1.29, 1.82) is 0 Å². The van der Waals surface area contributed by atoms with Crippen molar-refractivity contribution in [3.63, 3.8) is 0 Å². The number of rotatable bonds is 5. The summed E-state index contributed by atoms with van der Waals surface area (Å²) >= 11 is 0. The minimum Gasteiger partial charge on any atom is -0.550 e. The van der Waals surface area contributed by atoms with Crippen LogP contribution < -0.4 is 10.4 Å². The second kappa shape index (κ2) is 7.75. The molecule has 0 bridgehead atoms. The summed E-state index contributed by atoms with van der Waals surface area (Å²) in [5.74, 6) is -2.91. The van der Waals surface area contributed by atoms with Crippen molar-refractivity contribution in [2.45, 2.75) is 43.4 Å². The Hall–Kier alpha value is -1.93. The Morgan fingerprint density at radius 3 is 2.12 bits per heavy atom. The molecule has 2 atom stereocenters. The van der Waals surface area contributed by atoms with Crippen molar-refractivity contribution in [1.82, 2.24) is 4.31 Å². The van der Waals surface area contributed by atoms with E-state index in [0.29, 0.717) is 31.6 Å². The van der Waals surface area contributed by atoms with Gasteiger partial charge in [0.1, 0.15) is 0 Å². The maximum atomic E-state index is 12.5. The average Bonchev–Trinajstić information content (AvgIpc) is 3.17. The Labute approximate surface area is 153 Å². The summed E-state index contributed by atoms with van der Waals surface area (Å²) in [6.07, 6.45) is 4.31. The molecule has 3 rings (SSSR count). The zero-order valence-electron chi connectivity index (χ0n) is 14.5. The molecule has 0 spiro atoms. The summed E-state index contributed by atoms with van der Waals surface area (Å²) in [6, 6.07) is 6.02. The fourth-order valence-electron chi connectivity index (χ4n) is 3.75. The smallest absolute Gasteiger partial charge is 0.243 e. The molecule has 1 heterocycles. The van der Waals surface area contributed by atoms with E-state index in [1.807, 2.05) is 0 Å². The van der Waals surface area contributed by atoms with Gasteiger partial charge in [0.15, 0.2) is 0 Å². The fraction of sp³-hybridized carbons (Fsp3) is 0.556. The highest BCUT2D eigenvalue weighted by atomic mass is 32.2. The molecular weight excluding hydrogens is 356 g/mol. The van der Waals surface area contributed by atoms with Crippen LogP contribution in [0, 0.1) is 11.8 Å². The molecule has 1 aromatic rings. The highest BCUT2D eigenvalue weighted by molar-refractivity contribution is 7.89. The Morgan fingerprint density at radius 2 is 1.54 bits per heavy atom. The summed E-state index contributed by atoms with van der Waals surface area (Å²) in [5.41, 5.74) is 0.457. The number of hydrogen-bond acceptors (Lipinski definition) is 5. The molecule has 1 aliphatic heterocycles. The number of anilines is 1. The highest BCUT2D eigenvalue weighted by Gasteiger charge is 2.32. The summed E-state index contributed by atoms with van der Waals surface area (Å²) in [6.45, 7) is 1.07. The van der Waals surface area contributed by atoms with E-state index < -0.39 is 27.8 Å². The second-order valence-electron chi connectivity index (χ2n) is 6.94. The van der Waals surface area contributed by atoms with Crippen molar-refractivity contribution in [3.05, 3.63) is 24.3 Å². The predicted octanol–water partition coefficient (Wildman–Crippen LogP) is 0.966. The number of nitrogens with one attached hydrogen (secondary N) is 1. The molecule has 1 amide bonds. The average molecular weight is 379 g/mol. The van der Waals surface area contributed by atoms with Gasteiger partial charge in [-0.05, 0) is 49.9 Å². The number of carboxylic acid groups (broad SMARTS) is 1. The van der Waals surface area contributed by atoms with E-state index in [4.69, 9.17) is 0 Å². The van der Waals surface area contributed by atoms with Crippen LogP contribution in [0.3, 0.4) is 0 Å². The van der Waals surface area contributed by atoms with Gasteiger partial charge in [-0.2, -0.15) is 4.31 Å². The molecular formula is C18H23N2O5S-. The lowest BCUT2D eigenvalue weighted by atomic mass is 9.78. The van der Waals surface area contributed by atoms with Gasteiger partial charge >= 0.3 is 0 Å². The molecule has 1 saturated heterocycles. The zero-order valence-corrected chi connectivity index (χ0v) is 15.3. The van der Waals surface area contributed by atoms with E-state index in [-0.39, 0.29) is 10.8 Å². The molecule has 2 aliphatic rings. The zero-order chi connectivity index (χ0) is 18.7. The normalized spacial score (nSPS) is 24.3. The van der Waals surface area contributed by atoms with Crippen LogP contribution in [0.25, 0.3) is 0 Å². The first-order valence-electron chi connectivity index (χ1n) is 9.01. The van der Waals surface area contributed by atoms with Crippen LogP contribution in [0.4, 0.5) is 5.69 Å². The van der Waals surface area contributed by atoms with Crippen LogP contribution in [0.5, 0.6) is 0 Å². The van der Waals surface area contributed by atoms with Gasteiger partial charge < -0.3 is 15.2 Å². The maximum Gasteiger partial charge on any atom is 0.243 e. The van der Waals surface area contributed by atoms with E-state index in [9.17, 15) is 23.1 Å². The lowest BCUT2D eigenvalue weighted by Crippen LogP contribution is -2.42. The Bertz CT molecular complexity index is 769. The molecule has 0 aromatic heterocycles. The molecule has 1 aromatic carbocycles. The first-order chi connectivity index (χ1) is 12.4. The van der Waals surface area contributed by atoms with Gasteiger partial charge in [-0.1, -0.05) is 12.8 Å². The van der Waals surface area contributed by atoms with Crippen LogP contribution >= 0.6 is 0 Å². The molecule has 0 radical (unpaired) electrons. The number of carbonyl (C=O) groups is 2. The molecule has 0 unspecified atom stereocenters. The third kappa shape index (κ3) is 3.91. The van der Waals surface area contributed by atoms with E-state index in [1.165, 1.54) is 28.6 Å². The molecule has 1 saturated carbocycles. The van der Waals surface area contributed by atoms with Gasteiger partial charge in [-0.3, -0.25) is 4.79 Å². The monoisotopic (exact) mass is 379 g/mol. The lowest BCUT2D eigenvalue weighted by Gasteiger charge is -2.31. The SMILES string of the molecule is O=C([O-])[C@H]1CCCC[C@H]1C(=O)Nc1ccc(S(=O)(=O)N2CCCC2)cc1. The molecule has 1 N–H and O–H groups in total. The maximum absolute atomic E-state index is 12.5. The van der Waals surface area contributed by atoms with Crippen molar-refractivity contribution in [3.8, 4) is 0 Å². The number of aliphatic carboxylic acids is 1. The molecule has 7 nitrogen and oxygen atoms in total. The van der Waals surface area contributed by atoms with E-state index in [0.717, 1.165) is 25.7 Å². The number of hydrogen-bond donors (Lipinski definition) is 1. The molecule has 1 aliphatic carbocycles. The van der Waals surface area contributed by atoms with Crippen LogP contribution in [-0.2, 0) is 19.6 Å². The van der Waals surface area contributed by atoms with Gasteiger partial charge in [-0.25, -0.2) is 8.42 Å². The fourth-order valence-corrected chi connectivity index (χ4v) is 5.27. The molecule has 26 heavy (non-hydrogen) atoms. The van der Waals surface area contributed by atoms with Crippen molar-refractivity contribution < 1.29 is 23.1 Å². The topological polar surface area (TPSA) is 107 Å². The predicted molar refractivity (Wildman–Crippen MR) is 93.5 cm³/mol. The number of carboxylic acids is 1. The molecule has 2 fully saturated rings. The highest BCUT2D eigenvalue weighted by Crippen LogP contribution is 2.31. The Morgan fingerprint density at radius 1 is 0.962 bits per heavy atom. The quantitative estimate of drug-likeness (QED) is 0.820. The van der Waals surface area contributed by atoms with E-state index in [2.05, 4.69) is 5.32 Å². The minimum atomic E-state index is -3.49. The third-order valence-electron chi connectivity index (χ3n) is 5.23. The largest absolute Gasteiger partial charge is 0.550 e. The first kappa shape index (κ1) is 18.8. The summed E-state index contributed by atoms with van der Waals surface area (Å²) < 4.78 is 26.5. The molecule has 142 valence electrons. The van der Waals surface area contributed by atoms with Gasteiger partial charge in [0.2, 0.25) is 15.9 Å².